The zero-order valence-electron chi connectivity index (χ0n) is 24.2. The molecular formula is C33H36N2O5. The summed E-state index contributed by atoms with van der Waals surface area (Å²) in [5.74, 6) is 0.617. The smallest absolute Gasteiger partial charge is 0.337 e. The Morgan fingerprint density at radius 3 is 2.25 bits per heavy atom. The van der Waals surface area contributed by atoms with Crippen molar-refractivity contribution >= 4 is 5.97 Å². The summed E-state index contributed by atoms with van der Waals surface area (Å²) in [7, 11) is 0. The zero-order chi connectivity index (χ0) is 28.8. The average Bonchev–Trinajstić information content (AvgIpc) is 3.25. The molecule has 7 heteroatoms. The summed E-state index contributed by atoms with van der Waals surface area (Å²) in [5.41, 5.74) is 8.90. The predicted molar refractivity (Wildman–Crippen MR) is 155 cm³/mol. The molecule has 0 amide bonds. The van der Waals surface area contributed by atoms with Crippen LogP contribution in [0.3, 0.4) is 0 Å². The maximum Gasteiger partial charge on any atom is 0.337 e. The molecular weight excluding hydrogens is 504 g/mol. The molecule has 0 fully saturated rings. The molecule has 1 N–H and O–H groups in total. The van der Waals surface area contributed by atoms with Gasteiger partial charge in [-0.15, -0.1) is 0 Å². The highest BCUT2D eigenvalue weighted by molar-refractivity contribution is 5.86. The number of carbonyl (C=O) groups is 1. The number of pyridine rings is 1. The second-order valence-corrected chi connectivity index (χ2v) is 11.5. The van der Waals surface area contributed by atoms with Crippen molar-refractivity contribution in [3.05, 3.63) is 76.3 Å². The van der Waals surface area contributed by atoms with Crippen LogP contribution in [0.1, 0.15) is 67.1 Å². The van der Waals surface area contributed by atoms with Gasteiger partial charge in [0, 0.05) is 22.4 Å². The number of nitrogens with zero attached hydrogens (tertiary/aromatic N) is 2. The van der Waals surface area contributed by atoms with E-state index < -0.39 is 17.7 Å². The van der Waals surface area contributed by atoms with E-state index in [2.05, 4.69) is 11.2 Å². The van der Waals surface area contributed by atoms with Gasteiger partial charge in [0.25, 0.3) is 0 Å². The number of hydrogen-bond donors (Lipinski definition) is 1. The third-order valence-electron chi connectivity index (χ3n) is 7.30. The van der Waals surface area contributed by atoms with Gasteiger partial charge in [-0.2, -0.15) is 0 Å². The van der Waals surface area contributed by atoms with Crippen LogP contribution >= 0.6 is 0 Å². The first-order valence-electron chi connectivity index (χ1n) is 13.7. The van der Waals surface area contributed by atoms with Gasteiger partial charge < -0.3 is 19.1 Å². The topological polar surface area (TPSA) is 94.7 Å². The Labute approximate surface area is 235 Å². The SMILES string of the molecule is Cc1noc(C)c1-c1ccc(-c2nc(C)c([C@H](OC(C)(C)C)C(=O)O)c(-c3ccc4c(c3)CCCO4)c2C)cc1. The number of aliphatic carboxylic acids is 1. The van der Waals surface area contributed by atoms with Crippen LogP contribution in [0.25, 0.3) is 33.5 Å². The summed E-state index contributed by atoms with van der Waals surface area (Å²) in [6.45, 7) is 14.0. The highest BCUT2D eigenvalue weighted by Gasteiger charge is 2.33. The summed E-state index contributed by atoms with van der Waals surface area (Å²) in [5, 5.41) is 14.4. The molecule has 0 radical (unpaired) electrons. The largest absolute Gasteiger partial charge is 0.493 e. The lowest BCUT2D eigenvalue weighted by molar-refractivity contribution is -0.160. The van der Waals surface area contributed by atoms with Gasteiger partial charge >= 0.3 is 5.97 Å². The molecule has 0 bridgehead atoms. The third-order valence-corrected chi connectivity index (χ3v) is 7.30. The van der Waals surface area contributed by atoms with Gasteiger partial charge in [-0.1, -0.05) is 35.5 Å². The number of ether oxygens (including phenoxy) is 2. The molecule has 4 aromatic rings. The van der Waals surface area contributed by atoms with Crippen molar-refractivity contribution < 1.29 is 23.9 Å². The Hall–Kier alpha value is -3.97. The molecule has 3 heterocycles. The van der Waals surface area contributed by atoms with Crippen molar-refractivity contribution in [2.45, 2.75) is 73.0 Å². The van der Waals surface area contributed by atoms with Crippen molar-refractivity contribution in [2.75, 3.05) is 6.61 Å². The van der Waals surface area contributed by atoms with Crippen LogP contribution in [0.4, 0.5) is 0 Å². The summed E-state index contributed by atoms with van der Waals surface area (Å²) in [6, 6.07) is 14.3. The van der Waals surface area contributed by atoms with E-state index in [1.54, 1.807) is 0 Å². The Kier molecular flexibility index (Phi) is 7.27. The highest BCUT2D eigenvalue weighted by Crippen LogP contribution is 2.42. The first-order chi connectivity index (χ1) is 18.9. The fourth-order valence-electron chi connectivity index (χ4n) is 5.58. The minimum absolute atomic E-state index is 0.577. The van der Waals surface area contributed by atoms with Gasteiger partial charge in [0.05, 0.1) is 23.6 Å². The molecule has 1 aliphatic rings. The van der Waals surface area contributed by atoms with E-state index in [-0.39, 0.29) is 0 Å². The lowest BCUT2D eigenvalue weighted by Gasteiger charge is -2.29. The molecule has 5 rings (SSSR count). The van der Waals surface area contributed by atoms with E-state index in [4.69, 9.17) is 19.0 Å². The summed E-state index contributed by atoms with van der Waals surface area (Å²) in [6.07, 6.45) is 0.688. The Balaban J connectivity index is 1.70. The summed E-state index contributed by atoms with van der Waals surface area (Å²) in [4.78, 5) is 17.6. The van der Waals surface area contributed by atoms with Crippen LogP contribution in [0.2, 0.25) is 0 Å². The summed E-state index contributed by atoms with van der Waals surface area (Å²) >= 11 is 0. The van der Waals surface area contributed by atoms with Crippen molar-refractivity contribution in [1.29, 1.82) is 0 Å². The molecule has 1 atom stereocenters. The van der Waals surface area contributed by atoms with E-state index in [9.17, 15) is 9.90 Å². The van der Waals surface area contributed by atoms with Crippen molar-refractivity contribution in [3.63, 3.8) is 0 Å². The molecule has 40 heavy (non-hydrogen) atoms. The fraction of sp³-hybridized carbons (Fsp3) is 0.364. The Bertz CT molecular complexity index is 1560. The molecule has 2 aromatic carbocycles. The highest BCUT2D eigenvalue weighted by atomic mass is 16.5. The molecule has 0 saturated heterocycles. The van der Waals surface area contributed by atoms with Gasteiger partial charge in [0.1, 0.15) is 11.5 Å². The lowest BCUT2D eigenvalue weighted by atomic mass is 9.87. The predicted octanol–water partition coefficient (Wildman–Crippen LogP) is 7.57. The Morgan fingerprint density at radius 1 is 0.950 bits per heavy atom. The average molecular weight is 541 g/mol. The quantitative estimate of drug-likeness (QED) is 0.269. The zero-order valence-corrected chi connectivity index (χ0v) is 24.2. The molecule has 0 saturated carbocycles. The van der Waals surface area contributed by atoms with Crippen LogP contribution in [-0.2, 0) is 16.0 Å². The lowest BCUT2D eigenvalue weighted by Crippen LogP contribution is -2.28. The van der Waals surface area contributed by atoms with Gasteiger partial charge in [0.15, 0.2) is 6.10 Å². The molecule has 2 aromatic heterocycles. The van der Waals surface area contributed by atoms with Crippen molar-refractivity contribution in [3.8, 4) is 39.3 Å². The van der Waals surface area contributed by atoms with E-state index in [0.29, 0.717) is 17.9 Å². The van der Waals surface area contributed by atoms with Crippen LogP contribution in [-0.4, -0.2) is 33.4 Å². The van der Waals surface area contributed by atoms with Crippen LogP contribution in [0, 0.1) is 27.7 Å². The van der Waals surface area contributed by atoms with Gasteiger partial charge in [-0.05, 0) is 101 Å². The van der Waals surface area contributed by atoms with Crippen LogP contribution in [0.5, 0.6) is 5.75 Å². The number of aromatic nitrogens is 2. The number of hydrogen-bond acceptors (Lipinski definition) is 6. The van der Waals surface area contributed by atoms with Crippen molar-refractivity contribution in [2.24, 2.45) is 0 Å². The maximum atomic E-state index is 12.6. The standard InChI is InChI=1S/C33H36N2O5/c1-18-27(25-14-15-26-24(17-25)9-8-16-38-26)29(31(32(36)37)39-33(5,6)7)19(2)34-30(18)23-12-10-22(11-13-23)28-20(3)35-40-21(28)4/h10-15,17,31H,8-9,16H2,1-7H3,(H,36,37)/t31-/m0/s1. The fourth-order valence-corrected chi connectivity index (χ4v) is 5.58. The minimum Gasteiger partial charge on any atom is -0.493 e. The number of fused-ring (bicyclic) bond motifs is 1. The molecule has 0 aliphatic carbocycles. The van der Waals surface area contributed by atoms with Gasteiger partial charge in [-0.3, -0.25) is 4.98 Å². The van der Waals surface area contributed by atoms with Gasteiger partial charge in [-0.25, -0.2) is 4.79 Å². The number of carboxylic acid groups (broad SMARTS) is 1. The molecule has 1 aliphatic heterocycles. The summed E-state index contributed by atoms with van der Waals surface area (Å²) < 4.78 is 17.4. The molecule has 7 nitrogen and oxygen atoms in total. The number of rotatable bonds is 6. The van der Waals surface area contributed by atoms with Crippen molar-refractivity contribution in [1.82, 2.24) is 10.1 Å². The first kappa shape index (κ1) is 27.6. The monoisotopic (exact) mass is 540 g/mol. The van der Waals surface area contributed by atoms with E-state index in [1.807, 2.05) is 84.9 Å². The number of benzene rings is 2. The number of aryl methyl sites for hydroxylation is 4. The second kappa shape index (κ2) is 10.5. The maximum absolute atomic E-state index is 12.6. The Morgan fingerprint density at radius 2 is 1.62 bits per heavy atom. The molecule has 208 valence electrons. The van der Waals surface area contributed by atoms with E-state index >= 15 is 0 Å². The van der Waals surface area contributed by atoms with Crippen LogP contribution < -0.4 is 4.74 Å². The second-order valence-electron chi connectivity index (χ2n) is 11.5. The third kappa shape index (κ3) is 5.26. The molecule has 0 unspecified atom stereocenters. The van der Waals surface area contributed by atoms with Gasteiger partial charge in [0.2, 0.25) is 0 Å². The molecule has 0 spiro atoms. The normalized spacial score (nSPS) is 14.0. The van der Waals surface area contributed by atoms with Crippen LogP contribution in [0.15, 0.2) is 47.0 Å². The number of carboxylic acids is 1. The van der Waals surface area contributed by atoms with E-state index in [0.717, 1.165) is 74.7 Å². The minimum atomic E-state index is -1.18. The van der Waals surface area contributed by atoms with E-state index in [1.165, 1.54) is 0 Å². The first-order valence-corrected chi connectivity index (χ1v) is 13.7.